The van der Waals surface area contributed by atoms with Crippen molar-refractivity contribution in [3.63, 3.8) is 0 Å². The molecule has 2 heterocycles. The van der Waals surface area contributed by atoms with Gasteiger partial charge in [0.1, 0.15) is 0 Å². The Morgan fingerprint density at radius 1 is 1.41 bits per heavy atom. The second-order valence-electron chi connectivity index (χ2n) is 5.45. The van der Waals surface area contributed by atoms with Gasteiger partial charge >= 0.3 is 6.03 Å². The van der Waals surface area contributed by atoms with E-state index in [-0.39, 0.29) is 12.1 Å². The summed E-state index contributed by atoms with van der Waals surface area (Å²) in [6.45, 7) is 1.46. The zero-order valence-corrected chi connectivity index (χ0v) is 13.5. The molecule has 2 rings (SSSR count). The lowest BCUT2D eigenvalue weighted by Crippen LogP contribution is -2.49. The van der Waals surface area contributed by atoms with Gasteiger partial charge < -0.3 is 10.6 Å². The molecule has 1 aliphatic heterocycles. The van der Waals surface area contributed by atoms with Gasteiger partial charge in [-0.1, -0.05) is 6.07 Å². The molecule has 1 fully saturated rings. The molecule has 1 aromatic heterocycles. The minimum absolute atomic E-state index is 0.0244. The summed E-state index contributed by atoms with van der Waals surface area (Å²) >= 11 is 0. The number of piperidine rings is 1. The highest BCUT2D eigenvalue weighted by Crippen LogP contribution is 2.12. The van der Waals surface area contributed by atoms with Crippen molar-refractivity contribution in [2.75, 3.05) is 25.9 Å². The highest BCUT2D eigenvalue weighted by Gasteiger charge is 2.25. The van der Waals surface area contributed by atoms with Crippen LogP contribution in [0.5, 0.6) is 0 Å². The molecule has 22 heavy (non-hydrogen) atoms. The van der Waals surface area contributed by atoms with E-state index >= 15 is 0 Å². The molecule has 1 saturated heterocycles. The topological polar surface area (TPSA) is 91.4 Å². The second-order valence-corrected chi connectivity index (χ2v) is 7.43. The van der Waals surface area contributed by atoms with Crippen molar-refractivity contribution >= 4 is 16.1 Å². The van der Waals surface area contributed by atoms with Gasteiger partial charge in [-0.05, 0) is 30.9 Å². The van der Waals surface area contributed by atoms with E-state index in [4.69, 9.17) is 0 Å². The van der Waals surface area contributed by atoms with Crippen LogP contribution < -0.4 is 10.6 Å². The van der Waals surface area contributed by atoms with Crippen molar-refractivity contribution in [2.45, 2.75) is 25.3 Å². The fourth-order valence-corrected chi connectivity index (χ4v) is 3.31. The Morgan fingerprint density at radius 2 is 2.14 bits per heavy atom. The first-order valence-corrected chi connectivity index (χ1v) is 9.18. The number of hydrogen-bond donors (Lipinski definition) is 2. The van der Waals surface area contributed by atoms with Crippen molar-refractivity contribution in [1.82, 2.24) is 19.9 Å². The van der Waals surface area contributed by atoms with E-state index in [1.165, 1.54) is 10.6 Å². The lowest BCUT2D eigenvalue weighted by molar-refractivity contribution is 0.228. The molecule has 0 unspecified atom stereocenters. The summed E-state index contributed by atoms with van der Waals surface area (Å²) in [6, 6.07) is 3.65. The van der Waals surface area contributed by atoms with Crippen molar-refractivity contribution in [2.24, 2.45) is 0 Å². The van der Waals surface area contributed by atoms with Crippen LogP contribution in [-0.2, 0) is 16.4 Å². The van der Waals surface area contributed by atoms with Crippen LogP contribution in [0.4, 0.5) is 4.79 Å². The summed E-state index contributed by atoms with van der Waals surface area (Å²) in [4.78, 5) is 15.8. The van der Waals surface area contributed by atoms with Gasteiger partial charge in [-0.15, -0.1) is 0 Å². The predicted octanol–water partition coefficient (Wildman–Crippen LogP) is 0.347. The second kappa shape index (κ2) is 7.55. The van der Waals surface area contributed by atoms with Crippen LogP contribution in [0.1, 0.15) is 18.4 Å². The average Bonchev–Trinajstić information content (AvgIpc) is 2.48. The van der Waals surface area contributed by atoms with E-state index in [0.717, 1.165) is 12.0 Å². The Kier molecular flexibility index (Phi) is 5.73. The maximum Gasteiger partial charge on any atom is 0.315 e. The zero-order chi connectivity index (χ0) is 16.0. The number of amides is 2. The number of aromatic nitrogens is 1. The number of pyridine rings is 1. The maximum absolute atomic E-state index is 11.8. The van der Waals surface area contributed by atoms with Gasteiger partial charge in [0.15, 0.2) is 0 Å². The van der Waals surface area contributed by atoms with Crippen molar-refractivity contribution in [3.8, 4) is 0 Å². The van der Waals surface area contributed by atoms with Gasteiger partial charge in [0.25, 0.3) is 0 Å². The van der Waals surface area contributed by atoms with Crippen LogP contribution in [0.3, 0.4) is 0 Å². The Balaban J connectivity index is 1.66. The van der Waals surface area contributed by atoms with Gasteiger partial charge in [0.05, 0.1) is 6.26 Å². The molecule has 0 saturated carbocycles. The van der Waals surface area contributed by atoms with Crippen molar-refractivity contribution in [1.29, 1.82) is 0 Å². The number of nitrogens with one attached hydrogen (secondary N) is 2. The molecular weight excluding hydrogens is 304 g/mol. The van der Waals surface area contributed by atoms with Crippen LogP contribution >= 0.6 is 0 Å². The number of hydrogen-bond acceptors (Lipinski definition) is 4. The molecule has 2 N–H and O–H groups in total. The third-order valence-corrected chi connectivity index (χ3v) is 4.98. The number of carbonyl (C=O) groups is 1. The summed E-state index contributed by atoms with van der Waals surface area (Å²) < 4.78 is 24.3. The van der Waals surface area contributed by atoms with Crippen LogP contribution in [0.2, 0.25) is 0 Å². The Bertz CT molecular complexity index is 583. The van der Waals surface area contributed by atoms with Crippen LogP contribution in [0.25, 0.3) is 0 Å². The van der Waals surface area contributed by atoms with Crippen molar-refractivity contribution < 1.29 is 13.2 Å². The summed E-state index contributed by atoms with van der Waals surface area (Å²) in [5, 5.41) is 5.70. The highest BCUT2D eigenvalue weighted by atomic mass is 32.2. The molecule has 8 heteroatoms. The molecule has 0 atom stereocenters. The van der Waals surface area contributed by atoms with E-state index < -0.39 is 10.0 Å². The summed E-state index contributed by atoms with van der Waals surface area (Å²) in [5.74, 6) is 0. The maximum atomic E-state index is 11.8. The SMILES string of the molecule is CS(=O)(=O)N1CCC(NC(=O)NCCc2cccnc2)CC1. The zero-order valence-electron chi connectivity index (χ0n) is 12.7. The van der Waals surface area contributed by atoms with E-state index in [0.29, 0.717) is 32.5 Å². The van der Waals surface area contributed by atoms with E-state index in [9.17, 15) is 13.2 Å². The average molecular weight is 326 g/mol. The first-order chi connectivity index (χ1) is 10.4. The van der Waals surface area contributed by atoms with Gasteiger partial charge in [-0.25, -0.2) is 17.5 Å². The lowest BCUT2D eigenvalue weighted by atomic mass is 10.1. The Morgan fingerprint density at radius 3 is 2.73 bits per heavy atom. The molecule has 0 aliphatic carbocycles. The van der Waals surface area contributed by atoms with E-state index in [1.807, 2.05) is 12.1 Å². The number of sulfonamides is 1. The van der Waals surface area contributed by atoms with Gasteiger partial charge in [0, 0.05) is 38.1 Å². The summed E-state index contributed by atoms with van der Waals surface area (Å²) in [5.41, 5.74) is 1.07. The third-order valence-electron chi connectivity index (χ3n) is 3.68. The number of carbonyl (C=O) groups excluding carboxylic acids is 1. The van der Waals surface area contributed by atoms with E-state index in [1.54, 1.807) is 12.4 Å². The van der Waals surface area contributed by atoms with Gasteiger partial charge in [-0.2, -0.15) is 0 Å². The standard InChI is InChI=1S/C14H22N4O3S/c1-22(20,21)18-9-5-13(6-10-18)17-14(19)16-8-4-12-3-2-7-15-11-12/h2-3,7,11,13H,4-6,8-10H2,1H3,(H2,16,17,19). The molecule has 0 spiro atoms. The third kappa shape index (κ3) is 5.27. The summed E-state index contributed by atoms with van der Waals surface area (Å²) in [7, 11) is -3.12. The fourth-order valence-electron chi connectivity index (χ4n) is 2.43. The lowest BCUT2D eigenvalue weighted by Gasteiger charge is -2.30. The number of nitrogens with zero attached hydrogens (tertiary/aromatic N) is 2. The normalized spacial score (nSPS) is 17.1. The van der Waals surface area contributed by atoms with Crippen LogP contribution in [-0.4, -0.2) is 55.7 Å². The first kappa shape index (κ1) is 16.7. The fraction of sp³-hybridized carbons (Fsp3) is 0.571. The molecular formula is C14H22N4O3S. The Labute approximate surface area is 131 Å². The quantitative estimate of drug-likeness (QED) is 0.817. The predicted molar refractivity (Wildman–Crippen MR) is 83.9 cm³/mol. The number of rotatable bonds is 5. The largest absolute Gasteiger partial charge is 0.338 e. The monoisotopic (exact) mass is 326 g/mol. The highest BCUT2D eigenvalue weighted by molar-refractivity contribution is 7.88. The van der Waals surface area contributed by atoms with E-state index in [2.05, 4.69) is 15.6 Å². The molecule has 7 nitrogen and oxygen atoms in total. The summed E-state index contributed by atoms with van der Waals surface area (Å²) in [6.07, 6.45) is 6.72. The minimum Gasteiger partial charge on any atom is -0.338 e. The first-order valence-electron chi connectivity index (χ1n) is 7.33. The molecule has 0 bridgehead atoms. The molecule has 0 radical (unpaired) electrons. The van der Waals surface area contributed by atoms with Crippen LogP contribution in [0, 0.1) is 0 Å². The molecule has 122 valence electrons. The molecule has 0 aromatic carbocycles. The van der Waals surface area contributed by atoms with Gasteiger partial charge in [0.2, 0.25) is 10.0 Å². The van der Waals surface area contributed by atoms with Crippen molar-refractivity contribution in [3.05, 3.63) is 30.1 Å². The number of urea groups is 1. The van der Waals surface area contributed by atoms with Crippen LogP contribution in [0.15, 0.2) is 24.5 Å². The molecule has 1 aliphatic rings. The molecule has 1 aromatic rings. The smallest absolute Gasteiger partial charge is 0.315 e. The minimum atomic E-state index is -3.12. The molecule has 2 amide bonds. The van der Waals surface area contributed by atoms with Gasteiger partial charge in [-0.3, -0.25) is 4.98 Å². The Hall–Kier alpha value is -1.67.